The van der Waals surface area contributed by atoms with Crippen molar-refractivity contribution in [1.29, 1.82) is 0 Å². The highest BCUT2D eigenvalue weighted by atomic mass is 28.2. The van der Waals surface area contributed by atoms with Gasteiger partial charge in [-0.3, -0.25) is 0 Å². The summed E-state index contributed by atoms with van der Waals surface area (Å²) in [5.74, 6) is 1.55. The third-order valence-electron chi connectivity index (χ3n) is 4.00. The summed E-state index contributed by atoms with van der Waals surface area (Å²) in [4.78, 5) is 9.07. The standard InChI is InChI=1S/C11H22O2Si/c12-14-13-11(9-5-1-2-6-9)10-7-3-4-8-10/h9-12H,1-8,14H2. The van der Waals surface area contributed by atoms with E-state index < -0.39 is 10.0 Å². The van der Waals surface area contributed by atoms with Crippen LogP contribution in [0.3, 0.4) is 0 Å². The second kappa shape index (κ2) is 5.28. The SMILES string of the molecule is O[SiH2]OC(C1CCCC1)C1CCCC1. The first kappa shape index (κ1) is 10.6. The van der Waals surface area contributed by atoms with Gasteiger partial charge in [0.1, 0.15) is 0 Å². The Kier molecular flexibility index (Phi) is 4.02. The minimum Gasteiger partial charge on any atom is -0.415 e. The number of rotatable bonds is 4. The molecule has 0 unspecified atom stereocenters. The van der Waals surface area contributed by atoms with Gasteiger partial charge in [-0.05, 0) is 37.5 Å². The highest BCUT2D eigenvalue weighted by Crippen LogP contribution is 2.38. The molecule has 0 radical (unpaired) electrons. The molecule has 1 N–H and O–H groups in total. The van der Waals surface area contributed by atoms with E-state index in [-0.39, 0.29) is 0 Å². The Morgan fingerprint density at radius 3 is 1.71 bits per heavy atom. The summed E-state index contributed by atoms with van der Waals surface area (Å²) in [6, 6.07) is 0. The van der Waals surface area contributed by atoms with Crippen molar-refractivity contribution in [3.05, 3.63) is 0 Å². The van der Waals surface area contributed by atoms with Gasteiger partial charge in [0.05, 0.1) is 6.10 Å². The molecule has 2 nitrogen and oxygen atoms in total. The average molecular weight is 214 g/mol. The van der Waals surface area contributed by atoms with Crippen molar-refractivity contribution < 1.29 is 9.22 Å². The Balaban J connectivity index is 1.91. The first-order valence-corrected chi connectivity index (χ1v) is 7.35. The molecule has 0 aromatic heterocycles. The molecule has 2 fully saturated rings. The van der Waals surface area contributed by atoms with Gasteiger partial charge in [-0.1, -0.05) is 25.7 Å². The maximum atomic E-state index is 9.07. The minimum atomic E-state index is -1.20. The molecule has 0 bridgehead atoms. The highest BCUT2D eigenvalue weighted by Gasteiger charge is 2.33. The van der Waals surface area contributed by atoms with Crippen molar-refractivity contribution in [2.45, 2.75) is 57.5 Å². The largest absolute Gasteiger partial charge is 0.415 e. The molecular formula is C11H22O2Si. The van der Waals surface area contributed by atoms with Crippen molar-refractivity contribution in [3.63, 3.8) is 0 Å². The predicted octanol–water partition coefficient (Wildman–Crippen LogP) is 1.74. The van der Waals surface area contributed by atoms with Gasteiger partial charge >= 0.3 is 10.0 Å². The topological polar surface area (TPSA) is 29.5 Å². The van der Waals surface area contributed by atoms with Crippen LogP contribution >= 0.6 is 0 Å². The fourth-order valence-corrected chi connectivity index (χ4v) is 4.03. The summed E-state index contributed by atoms with van der Waals surface area (Å²) in [6.45, 7) is 0. The summed E-state index contributed by atoms with van der Waals surface area (Å²) in [7, 11) is -1.20. The summed E-state index contributed by atoms with van der Waals surface area (Å²) in [5.41, 5.74) is 0. The summed E-state index contributed by atoms with van der Waals surface area (Å²) in [5, 5.41) is 0. The van der Waals surface area contributed by atoms with Crippen LogP contribution < -0.4 is 0 Å². The molecule has 0 aromatic carbocycles. The van der Waals surface area contributed by atoms with Crippen LogP contribution in [0.5, 0.6) is 0 Å². The van der Waals surface area contributed by atoms with Gasteiger partial charge in [0.15, 0.2) is 0 Å². The van der Waals surface area contributed by atoms with Crippen molar-refractivity contribution in [3.8, 4) is 0 Å². The van der Waals surface area contributed by atoms with E-state index in [4.69, 9.17) is 9.22 Å². The Hall–Kier alpha value is 0.137. The zero-order valence-electron chi connectivity index (χ0n) is 8.95. The van der Waals surface area contributed by atoms with E-state index in [2.05, 4.69) is 0 Å². The molecule has 0 heterocycles. The van der Waals surface area contributed by atoms with Crippen LogP contribution in [-0.4, -0.2) is 20.9 Å². The van der Waals surface area contributed by atoms with Crippen molar-refractivity contribution >= 4 is 10.0 Å². The quantitative estimate of drug-likeness (QED) is 0.722. The second-order valence-corrected chi connectivity index (χ2v) is 5.44. The van der Waals surface area contributed by atoms with Crippen LogP contribution in [0.1, 0.15) is 51.4 Å². The van der Waals surface area contributed by atoms with E-state index in [1.165, 1.54) is 51.4 Å². The van der Waals surface area contributed by atoms with Gasteiger partial charge in [0, 0.05) is 0 Å². The Morgan fingerprint density at radius 1 is 0.929 bits per heavy atom. The van der Waals surface area contributed by atoms with Gasteiger partial charge in [0.25, 0.3) is 0 Å². The zero-order valence-corrected chi connectivity index (χ0v) is 10.4. The molecule has 2 aliphatic carbocycles. The second-order valence-electron chi connectivity index (χ2n) is 4.85. The first-order valence-electron chi connectivity index (χ1n) is 6.14. The lowest BCUT2D eigenvalue weighted by Gasteiger charge is -2.28. The summed E-state index contributed by atoms with van der Waals surface area (Å²) >= 11 is 0. The third kappa shape index (κ3) is 2.38. The Labute approximate surface area is 89.1 Å². The number of hydrogen-bond acceptors (Lipinski definition) is 2. The highest BCUT2D eigenvalue weighted by molar-refractivity contribution is 6.15. The van der Waals surface area contributed by atoms with Gasteiger partial charge in [0.2, 0.25) is 0 Å². The molecule has 2 aliphatic rings. The summed E-state index contributed by atoms with van der Waals surface area (Å²) < 4.78 is 5.70. The van der Waals surface area contributed by atoms with E-state index in [1.54, 1.807) is 0 Å². The Bertz CT molecular complexity index is 147. The molecule has 0 aromatic rings. The monoisotopic (exact) mass is 214 g/mol. The zero-order chi connectivity index (χ0) is 9.80. The molecule has 0 atom stereocenters. The lowest BCUT2D eigenvalue weighted by molar-refractivity contribution is 0.0684. The van der Waals surface area contributed by atoms with Crippen molar-refractivity contribution in [2.24, 2.45) is 11.8 Å². The maximum absolute atomic E-state index is 9.07. The van der Waals surface area contributed by atoms with E-state index >= 15 is 0 Å². The number of hydrogen-bond donors (Lipinski definition) is 1. The molecule has 82 valence electrons. The lowest BCUT2D eigenvalue weighted by atomic mass is 9.89. The van der Waals surface area contributed by atoms with Gasteiger partial charge in [-0.2, -0.15) is 0 Å². The molecule has 0 aliphatic heterocycles. The first-order chi connectivity index (χ1) is 6.92. The van der Waals surface area contributed by atoms with Gasteiger partial charge in [-0.15, -0.1) is 0 Å². The molecular weight excluding hydrogens is 192 g/mol. The normalized spacial score (nSPS) is 26.1. The predicted molar refractivity (Wildman–Crippen MR) is 59.6 cm³/mol. The molecule has 3 heteroatoms. The van der Waals surface area contributed by atoms with Crippen molar-refractivity contribution in [2.75, 3.05) is 0 Å². The van der Waals surface area contributed by atoms with Crippen LogP contribution in [0.4, 0.5) is 0 Å². The molecule has 0 amide bonds. The van der Waals surface area contributed by atoms with E-state index in [0.717, 1.165) is 11.8 Å². The van der Waals surface area contributed by atoms with Crippen LogP contribution in [0.25, 0.3) is 0 Å². The molecule has 2 saturated carbocycles. The van der Waals surface area contributed by atoms with Gasteiger partial charge in [-0.25, -0.2) is 0 Å². The molecule has 14 heavy (non-hydrogen) atoms. The van der Waals surface area contributed by atoms with Crippen LogP contribution in [-0.2, 0) is 4.43 Å². The smallest absolute Gasteiger partial charge is 0.302 e. The van der Waals surface area contributed by atoms with E-state index in [0.29, 0.717) is 6.10 Å². The lowest BCUT2D eigenvalue weighted by Crippen LogP contribution is -2.30. The molecule has 2 rings (SSSR count). The van der Waals surface area contributed by atoms with Gasteiger partial charge < -0.3 is 9.22 Å². The van der Waals surface area contributed by atoms with Crippen LogP contribution in [0.2, 0.25) is 0 Å². The van der Waals surface area contributed by atoms with Crippen molar-refractivity contribution in [1.82, 2.24) is 0 Å². The minimum absolute atomic E-state index is 0.427. The molecule has 0 saturated heterocycles. The van der Waals surface area contributed by atoms with Crippen LogP contribution in [0.15, 0.2) is 0 Å². The fraction of sp³-hybridized carbons (Fsp3) is 1.00. The molecule has 0 spiro atoms. The summed E-state index contributed by atoms with van der Waals surface area (Å²) in [6.07, 6.45) is 11.3. The van der Waals surface area contributed by atoms with Crippen LogP contribution in [0, 0.1) is 11.8 Å². The Morgan fingerprint density at radius 2 is 1.36 bits per heavy atom. The van der Waals surface area contributed by atoms with E-state index in [1.807, 2.05) is 0 Å². The maximum Gasteiger partial charge on any atom is 0.302 e. The third-order valence-corrected chi connectivity index (χ3v) is 4.53. The van der Waals surface area contributed by atoms with E-state index in [9.17, 15) is 0 Å². The average Bonchev–Trinajstić information content (AvgIpc) is 2.87. The fourth-order valence-electron chi connectivity index (χ4n) is 3.31.